The van der Waals surface area contributed by atoms with Crippen LogP contribution in [-0.2, 0) is 29.9 Å². The number of aliphatic carboxylic acids is 1. The average molecular weight is 355 g/mol. The van der Waals surface area contributed by atoms with Crippen LogP contribution in [0, 0.1) is 5.92 Å². The third-order valence-corrected chi connectivity index (χ3v) is 6.00. The van der Waals surface area contributed by atoms with Gasteiger partial charge in [0.15, 0.2) is 0 Å². The summed E-state index contributed by atoms with van der Waals surface area (Å²) in [6, 6.07) is -0.313. The van der Waals surface area contributed by atoms with E-state index in [4.69, 9.17) is 0 Å². The predicted octanol–water partition coefficient (Wildman–Crippen LogP) is 1.18. The largest absolute Gasteiger partial charge is 0.477 e. The highest BCUT2D eigenvalue weighted by Gasteiger charge is 2.55. The second-order valence-corrected chi connectivity index (χ2v) is 8.96. The van der Waals surface area contributed by atoms with Gasteiger partial charge in [-0.2, -0.15) is 0 Å². The number of carbonyl (C=O) groups is 3. The van der Waals surface area contributed by atoms with Gasteiger partial charge in [-0.15, -0.1) is 0 Å². The second kappa shape index (κ2) is 6.51. The molecule has 0 aromatic heterocycles. The maximum atomic E-state index is 12.6. The summed E-state index contributed by atoms with van der Waals surface area (Å²) in [4.78, 5) is 36.5. The molecule has 0 aromatic carbocycles. The molecule has 132 valence electrons. The highest BCUT2D eigenvalue weighted by Crippen LogP contribution is 2.46. The van der Waals surface area contributed by atoms with Gasteiger partial charge in [-0.3, -0.25) is 9.00 Å². The lowest BCUT2D eigenvalue weighted by Crippen LogP contribution is -2.58. The fraction of sp³-hybridized carbons (Fsp3) is 0.562. The predicted molar refractivity (Wildman–Crippen MR) is 87.1 cm³/mol. The maximum absolute atomic E-state index is 12.6. The number of carboxylic acid groups (broad SMARTS) is 1. The number of rotatable bonds is 5. The van der Waals surface area contributed by atoms with Crippen molar-refractivity contribution in [2.24, 2.45) is 5.92 Å². The molecule has 2 aliphatic rings. The summed E-state index contributed by atoms with van der Waals surface area (Å²) in [5.41, 5.74) is -0.147. The Morgan fingerprint density at radius 2 is 2.04 bits per heavy atom. The zero-order valence-corrected chi connectivity index (χ0v) is 14.9. The number of carboxylic acids is 1. The zero-order chi connectivity index (χ0) is 18.2. The van der Waals surface area contributed by atoms with Gasteiger partial charge >= 0.3 is 11.9 Å². The van der Waals surface area contributed by atoms with E-state index in [-0.39, 0.29) is 24.1 Å². The van der Waals surface area contributed by atoms with Gasteiger partial charge in [0.05, 0.1) is 34.8 Å². The molecule has 1 N–H and O–H groups in total. The SMILES string of the molecule is COC(=O)C=CCC1C(=O)N2C(C(=O)O)=C(S(=O)C(C)(C)C)CC12. The number of amides is 1. The Labute approximate surface area is 142 Å². The molecule has 0 bridgehead atoms. The molecule has 3 atom stereocenters. The normalized spacial score (nSPS) is 24.8. The standard InChI is InChI=1S/C16H21NO6S/c1-16(2,3)24(22)11-8-10-9(6-5-7-12(18)23-4)14(19)17(10)13(11)15(20)21/h5,7,9-10H,6,8H2,1-4H3,(H,20,21). The molecule has 1 fully saturated rings. The van der Waals surface area contributed by atoms with Crippen molar-refractivity contribution in [3.63, 3.8) is 0 Å². The lowest BCUT2D eigenvalue weighted by molar-refractivity contribution is -0.154. The maximum Gasteiger partial charge on any atom is 0.353 e. The van der Waals surface area contributed by atoms with Gasteiger partial charge < -0.3 is 14.7 Å². The van der Waals surface area contributed by atoms with Crippen LogP contribution in [-0.4, -0.2) is 50.0 Å². The number of esters is 1. The molecule has 0 spiro atoms. The van der Waals surface area contributed by atoms with Crippen molar-refractivity contribution in [3.8, 4) is 0 Å². The summed E-state index contributed by atoms with van der Waals surface area (Å²) >= 11 is 0. The molecule has 1 saturated heterocycles. The molecule has 3 unspecified atom stereocenters. The quantitative estimate of drug-likeness (QED) is 0.451. The minimum Gasteiger partial charge on any atom is -0.477 e. The molecular formula is C16H21NO6S. The fourth-order valence-corrected chi connectivity index (χ4v) is 4.35. The van der Waals surface area contributed by atoms with E-state index in [1.807, 2.05) is 0 Å². The number of allylic oxidation sites excluding steroid dienone is 1. The third-order valence-electron chi connectivity index (χ3n) is 4.08. The molecule has 0 radical (unpaired) electrons. The van der Waals surface area contributed by atoms with Gasteiger partial charge in [-0.1, -0.05) is 6.08 Å². The van der Waals surface area contributed by atoms with Crippen LogP contribution < -0.4 is 0 Å². The van der Waals surface area contributed by atoms with Gasteiger partial charge in [0.1, 0.15) is 5.70 Å². The van der Waals surface area contributed by atoms with Gasteiger partial charge in [-0.25, -0.2) is 9.59 Å². The first-order valence-corrected chi connectivity index (χ1v) is 8.70. The van der Waals surface area contributed by atoms with Crippen molar-refractivity contribution >= 4 is 28.6 Å². The Morgan fingerprint density at radius 1 is 1.42 bits per heavy atom. The van der Waals surface area contributed by atoms with Crippen molar-refractivity contribution in [3.05, 3.63) is 22.8 Å². The lowest BCUT2D eigenvalue weighted by Gasteiger charge is -2.42. The van der Waals surface area contributed by atoms with E-state index in [0.717, 1.165) is 0 Å². The minimum absolute atomic E-state index is 0.147. The van der Waals surface area contributed by atoms with Gasteiger partial charge in [-0.05, 0) is 27.2 Å². The topological polar surface area (TPSA) is 101 Å². The molecule has 2 aliphatic heterocycles. The van der Waals surface area contributed by atoms with Gasteiger partial charge in [0.25, 0.3) is 0 Å². The summed E-state index contributed by atoms with van der Waals surface area (Å²) in [6.45, 7) is 5.30. The fourth-order valence-electron chi connectivity index (χ4n) is 2.93. The van der Waals surface area contributed by atoms with E-state index in [0.29, 0.717) is 11.3 Å². The Kier molecular flexibility index (Phi) is 4.98. The summed E-state index contributed by atoms with van der Waals surface area (Å²) in [7, 11) is -0.235. The molecule has 0 saturated carbocycles. The Hall–Kier alpha value is -1.96. The summed E-state index contributed by atoms with van der Waals surface area (Å²) in [5, 5.41) is 9.44. The number of nitrogens with zero attached hydrogens (tertiary/aromatic N) is 1. The average Bonchev–Trinajstić information content (AvgIpc) is 2.85. The highest BCUT2D eigenvalue weighted by molar-refractivity contribution is 7.90. The van der Waals surface area contributed by atoms with Crippen molar-refractivity contribution in [2.75, 3.05) is 7.11 Å². The molecule has 1 amide bonds. The summed E-state index contributed by atoms with van der Waals surface area (Å²) in [6.07, 6.45) is 3.39. The van der Waals surface area contributed by atoms with Crippen molar-refractivity contribution in [1.29, 1.82) is 0 Å². The molecule has 2 heterocycles. The number of methoxy groups -OCH3 is 1. The lowest BCUT2D eigenvalue weighted by atomic mass is 9.84. The van der Waals surface area contributed by atoms with Crippen LogP contribution in [0.1, 0.15) is 33.6 Å². The second-order valence-electron chi connectivity index (χ2n) is 6.71. The summed E-state index contributed by atoms with van der Waals surface area (Å²) < 4.78 is 16.5. The number of ether oxygens (including phenoxy) is 1. The Balaban J connectivity index is 2.20. The smallest absolute Gasteiger partial charge is 0.353 e. The number of fused-ring (bicyclic) bond motifs is 1. The minimum atomic E-state index is -1.50. The molecule has 0 aliphatic carbocycles. The van der Waals surface area contributed by atoms with E-state index < -0.39 is 33.4 Å². The first-order chi connectivity index (χ1) is 11.1. The van der Waals surface area contributed by atoms with Crippen LogP contribution in [0.25, 0.3) is 0 Å². The number of β-lactam (4-membered cyclic amide) rings is 1. The molecular weight excluding hydrogens is 334 g/mol. The third kappa shape index (κ3) is 3.15. The Bertz CT molecular complexity index is 673. The van der Waals surface area contributed by atoms with Crippen molar-refractivity contribution in [2.45, 2.75) is 44.4 Å². The molecule has 8 heteroatoms. The molecule has 7 nitrogen and oxygen atoms in total. The van der Waals surface area contributed by atoms with E-state index >= 15 is 0 Å². The van der Waals surface area contributed by atoms with Gasteiger partial charge in [0.2, 0.25) is 5.91 Å². The summed E-state index contributed by atoms with van der Waals surface area (Å²) in [5.74, 6) is -2.46. The first kappa shape index (κ1) is 18.4. The number of hydrogen-bond donors (Lipinski definition) is 1. The molecule has 2 rings (SSSR count). The molecule has 0 aromatic rings. The highest BCUT2D eigenvalue weighted by atomic mass is 32.2. The van der Waals surface area contributed by atoms with Crippen LogP contribution in [0.2, 0.25) is 0 Å². The van der Waals surface area contributed by atoms with Crippen LogP contribution in [0.3, 0.4) is 0 Å². The number of hydrogen-bond acceptors (Lipinski definition) is 5. The van der Waals surface area contributed by atoms with Crippen LogP contribution in [0.5, 0.6) is 0 Å². The number of carbonyl (C=O) groups excluding carboxylic acids is 2. The zero-order valence-electron chi connectivity index (χ0n) is 14.1. The van der Waals surface area contributed by atoms with Crippen molar-refractivity contribution < 1.29 is 28.4 Å². The van der Waals surface area contributed by atoms with Crippen LogP contribution >= 0.6 is 0 Å². The van der Waals surface area contributed by atoms with Crippen molar-refractivity contribution in [1.82, 2.24) is 4.90 Å². The van der Waals surface area contributed by atoms with Crippen LogP contribution in [0.15, 0.2) is 22.8 Å². The van der Waals surface area contributed by atoms with E-state index in [9.17, 15) is 23.7 Å². The van der Waals surface area contributed by atoms with E-state index in [1.54, 1.807) is 26.8 Å². The Morgan fingerprint density at radius 3 is 2.54 bits per heavy atom. The van der Waals surface area contributed by atoms with E-state index in [2.05, 4.69) is 4.74 Å². The van der Waals surface area contributed by atoms with E-state index in [1.165, 1.54) is 18.1 Å². The first-order valence-electron chi connectivity index (χ1n) is 7.55. The van der Waals surface area contributed by atoms with Gasteiger partial charge in [0, 0.05) is 17.2 Å². The van der Waals surface area contributed by atoms with Crippen LogP contribution in [0.4, 0.5) is 0 Å². The molecule has 24 heavy (non-hydrogen) atoms. The monoisotopic (exact) mass is 355 g/mol.